The van der Waals surface area contributed by atoms with Crippen molar-refractivity contribution in [2.24, 2.45) is 0 Å². The monoisotopic (exact) mass is 226 g/mol. The molecule has 0 fully saturated rings. The van der Waals surface area contributed by atoms with Crippen LogP contribution in [-0.4, -0.2) is 10.2 Å². The highest BCUT2D eigenvalue weighted by atomic mass is 19.4. The number of benzene rings is 1. The van der Waals surface area contributed by atoms with E-state index >= 15 is 0 Å². The van der Waals surface area contributed by atoms with Gasteiger partial charge in [0.25, 0.3) is 0 Å². The Labute approximate surface area is 90.1 Å². The van der Waals surface area contributed by atoms with Gasteiger partial charge in [-0.25, -0.2) is 0 Å². The number of nitrogens with one attached hydrogen (secondary N) is 1. The third kappa shape index (κ3) is 1.80. The Balaban J connectivity index is 2.58. The van der Waals surface area contributed by atoms with E-state index < -0.39 is 11.9 Å². The molecule has 2 rings (SSSR count). The molecular weight excluding hydrogens is 217 g/mol. The Morgan fingerprint density at radius 2 is 1.81 bits per heavy atom. The summed E-state index contributed by atoms with van der Waals surface area (Å²) in [6.45, 7) is 1.77. The molecule has 84 valence electrons. The number of nitrogens with zero attached hydrogens (tertiary/aromatic N) is 1. The summed E-state index contributed by atoms with van der Waals surface area (Å²) >= 11 is 0. The van der Waals surface area contributed by atoms with Gasteiger partial charge in [-0.15, -0.1) is 0 Å². The van der Waals surface area contributed by atoms with Crippen LogP contribution in [0.3, 0.4) is 0 Å². The second-order valence-corrected chi connectivity index (χ2v) is 3.47. The van der Waals surface area contributed by atoms with Gasteiger partial charge in [0.1, 0.15) is 5.69 Å². The van der Waals surface area contributed by atoms with Crippen molar-refractivity contribution in [1.29, 1.82) is 0 Å². The predicted molar refractivity (Wildman–Crippen MR) is 53.8 cm³/mol. The average Bonchev–Trinajstić information content (AvgIpc) is 2.66. The minimum atomic E-state index is -4.41. The quantitative estimate of drug-likeness (QED) is 0.793. The van der Waals surface area contributed by atoms with Crippen molar-refractivity contribution < 1.29 is 13.2 Å². The lowest BCUT2D eigenvalue weighted by Crippen LogP contribution is -2.07. The summed E-state index contributed by atoms with van der Waals surface area (Å²) in [5.74, 6) is 0. The first kappa shape index (κ1) is 10.7. The molecule has 1 N–H and O–H groups in total. The smallest absolute Gasteiger partial charge is 0.273 e. The van der Waals surface area contributed by atoms with Gasteiger partial charge in [0, 0.05) is 5.56 Å². The van der Waals surface area contributed by atoms with Crippen molar-refractivity contribution >= 4 is 0 Å². The Morgan fingerprint density at radius 1 is 1.12 bits per heavy atom. The first-order valence-corrected chi connectivity index (χ1v) is 4.66. The van der Waals surface area contributed by atoms with Crippen LogP contribution >= 0.6 is 0 Å². The van der Waals surface area contributed by atoms with E-state index in [0.29, 0.717) is 5.56 Å². The van der Waals surface area contributed by atoms with Crippen molar-refractivity contribution in [3.05, 3.63) is 41.7 Å². The van der Waals surface area contributed by atoms with Crippen molar-refractivity contribution in [2.75, 3.05) is 0 Å². The number of hydrogen-bond donors (Lipinski definition) is 1. The molecule has 1 heterocycles. The maximum atomic E-state index is 12.6. The molecule has 0 saturated heterocycles. The van der Waals surface area contributed by atoms with E-state index in [1.165, 1.54) is 6.20 Å². The Bertz CT molecular complexity index is 500. The molecule has 0 aliphatic heterocycles. The molecule has 2 aromatic rings. The second kappa shape index (κ2) is 3.66. The molecular formula is C11H9F3N2. The van der Waals surface area contributed by atoms with Crippen LogP contribution in [0.15, 0.2) is 30.5 Å². The van der Waals surface area contributed by atoms with Crippen LogP contribution in [0.1, 0.15) is 11.3 Å². The van der Waals surface area contributed by atoms with E-state index in [9.17, 15) is 13.2 Å². The van der Waals surface area contributed by atoms with E-state index in [-0.39, 0.29) is 5.56 Å². The number of hydrogen-bond acceptors (Lipinski definition) is 1. The first-order valence-electron chi connectivity index (χ1n) is 4.66. The number of aromatic amines is 1. The van der Waals surface area contributed by atoms with Gasteiger partial charge < -0.3 is 0 Å². The van der Waals surface area contributed by atoms with Crippen LogP contribution < -0.4 is 0 Å². The fourth-order valence-corrected chi connectivity index (χ4v) is 1.58. The Morgan fingerprint density at radius 3 is 2.44 bits per heavy atom. The summed E-state index contributed by atoms with van der Waals surface area (Å²) in [6, 6.07) is 6.90. The van der Waals surface area contributed by atoms with E-state index in [2.05, 4.69) is 5.10 Å². The number of halogens is 3. The van der Waals surface area contributed by atoms with Crippen molar-refractivity contribution in [3.8, 4) is 11.1 Å². The predicted octanol–water partition coefficient (Wildman–Crippen LogP) is 3.40. The van der Waals surface area contributed by atoms with E-state index in [4.69, 9.17) is 0 Å². The molecule has 0 spiro atoms. The second-order valence-electron chi connectivity index (χ2n) is 3.47. The molecule has 0 aliphatic carbocycles. The molecule has 0 aliphatic rings. The number of H-pyrrole nitrogens is 1. The van der Waals surface area contributed by atoms with Gasteiger partial charge in [-0.3, -0.25) is 5.10 Å². The van der Waals surface area contributed by atoms with Gasteiger partial charge in [-0.05, 0) is 18.1 Å². The number of rotatable bonds is 1. The zero-order valence-electron chi connectivity index (χ0n) is 8.47. The molecule has 1 aromatic carbocycles. The molecule has 16 heavy (non-hydrogen) atoms. The number of alkyl halides is 3. The molecule has 0 radical (unpaired) electrons. The van der Waals surface area contributed by atoms with Gasteiger partial charge in [0.15, 0.2) is 0 Å². The van der Waals surface area contributed by atoms with Crippen LogP contribution in [0, 0.1) is 6.92 Å². The lowest BCUT2D eigenvalue weighted by molar-refractivity contribution is -0.140. The van der Waals surface area contributed by atoms with Crippen molar-refractivity contribution in [1.82, 2.24) is 10.2 Å². The van der Waals surface area contributed by atoms with Gasteiger partial charge in [-0.2, -0.15) is 18.3 Å². The Kier molecular flexibility index (Phi) is 2.46. The van der Waals surface area contributed by atoms with Crippen molar-refractivity contribution in [2.45, 2.75) is 13.1 Å². The molecule has 0 amide bonds. The first-order chi connectivity index (χ1) is 7.50. The van der Waals surface area contributed by atoms with Gasteiger partial charge >= 0.3 is 6.18 Å². The van der Waals surface area contributed by atoms with E-state index in [0.717, 1.165) is 5.56 Å². The SMILES string of the molecule is Cc1ccccc1-c1cn[nH]c1C(F)(F)F. The third-order valence-electron chi connectivity index (χ3n) is 2.36. The fraction of sp³-hybridized carbons (Fsp3) is 0.182. The third-order valence-corrected chi connectivity index (χ3v) is 2.36. The number of aryl methyl sites for hydroxylation is 1. The minimum Gasteiger partial charge on any atom is -0.273 e. The van der Waals surface area contributed by atoms with E-state index in [1.807, 2.05) is 5.10 Å². The molecule has 0 saturated carbocycles. The summed E-state index contributed by atoms with van der Waals surface area (Å²) in [5.41, 5.74) is 0.616. The average molecular weight is 226 g/mol. The summed E-state index contributed by atoms with van der Waals surface area (Å²) in [4.78, 5) is 0. The zero-order chi connectivity index (χ0) is 11.8. The highest BCUT2D eigenvalue weighted by Gasteiger charge is 2.36. The Hall–Kier alpha value is -1.78. The molecule has 1 aromatic heterocycles. The normalized spacial score (nSPS) is 11.8. The van der Waals surface area contributed by atoms with Crippen molar-refractivity contribution in [3.63, 3.8) is 0 Å². The fourth-order valence-electron chi connectivity index (χ4n) is 1.58. The molecule has 2 nitrogen and oxygen atoms in total. The highest BCUT2D eigenvalue weighted by Crippen LogP contribution is 2.36. The lowest BCUT2D eigenvalue weighted by Gasteiger charge is -2.08. The van der Waals surface area contributed by atoms with Crippen LogP contribution in [0.5, 0.6) is 0 Å². The van der Waals surface area contributed by atoms with Gasteiger partial charge in [0.05, 0.1) is 6.20 Å². The molecule has 0 bridgehead atoms. The summed E-state index contributed by atoms with van der Waals surface area (Å²) in [7, 11) is 0. The summed E-state index contributed by atoms with van der Waals surface area (Å²) < 4.78 is 37.9. The standard InChI is InChI=1S/C11H9F3N2/c1-7-4-2-3-5-8(7)9-6-15-16-10(9)11(12,13)14/h2-6H,1H3,(H,15,16). The maximum absolute atomic E-state index is 12.6. The van der Waals surface area contributed by atoms with Crippen LogP contribution in [0.25, 0.3) is 11.1 Å². The van der Waals surface area contributed by atoms with E-state index in [1.54, 1.807) is 31.2 Å². The van der Waals surface area contributed by atoms with Gasteiger partial charge in [0.2, 0.25) is 0 Å². The molecule has 0 atom stereocenters. The maximum Gasteiger partial charge on any atom is 0.433 e. The summed E-state index contributed by atoms with van der Waals surface area (Å²) in [6.07, 6.45) is -3.21. The number of aromatic nitrogens is 2. The van der Waals surface area contributed by atoms with Gasteiger partial charge in [-0.1, -0.05) is 24.3 Å². The van der Waals surface area contributed by atoms with Crippen LogP contribution in [0.2, 0.25) is 0 Å². The van der Waals surface area contributed by atoms with Crippen LogP contribution in [-0.2, 0) is 6.18 Å². The zero-order valence-corrected chi connectivity index (χ0v) is 8.47. The lowest BCUT2D eigenvalue weighted by atomic mass is 10.0. The summed E-state index contributed by atoms with van der Waals surface area (Å²) in [5, 5.41) is 5.46. The molecule has 0 unspecified atom stereocenters. The largest absolute Gasteiger partial charge is 0.433 e. The highest BCUT2D eigenvalue weighted by molar-refractivity contribution is 5.69. The minimum absolute atomic E-state index is 0.0885. The van der Waals surface area contributed by atoms with Crippen LogP contribution in [0.4, 0.5) is 13.2 Å². The molecule has 5 heteroatoms. The topological polar surface area (TPSA) is 28.7 Å².